The van der Waals surface area contributed by atoms with Gasteiger partial charge >= 0.3 is 0 Å². The molecule has 1 N–H and O–H groups in total. The first-order valence-electron chi connectivity index (χ1n) is 8.53. The molecule has 25 heavy (non-hydrogen) atoms. The number of aromatic nitrogens is 2. The van der Waals surface area contributed by atoms with Crippen LogP contribution in [-0.4, -0.2) is 42.1 Å². The van der Waals surface area contributed by atoms with Crippen LogP contribution in [0.3, 0.4) is 0 Å². The zero-order chi connectivity index (χ0) is 17.3. The lowest BCUT2D eigenvalue weighted by Gasteiger charge is -2.38. The summed E-state index contributed by atoms with van der Waals surface area (Å²) in [6, 6.07) is 8.13. The lowest BCUT2D eigenvalue weighted by Crippen LogP contribution is -2.45. The van der Waals surface area contributed by atoms with Crippen LogP contribution >= 0.6 is 0 Å². The predicted octanol–water partition coefficient (Wildman–Crippen LogP) is 3.01. The zero-order valence-corrected chi connectivity index (χ0v) is 14.2. The van der Waals surface area contributed by atoms with Crippen molar-refractivity contribution < 1.29 is 13.9 Å². The molecule has 3 heterocycles. The summed E-state index contributed by atoms with van der Waals surface area (Å²) in [6.45, 7) is 4.88. The summed E-state index contributed by atoms with van der Waals surface area (Å²) in [5.74, 6) is 1.61. The summed E-state index contributed by atoms with van der Waals surface area (Å²) >= 11 is 0. The van der Waals surface area contributed by atoms with Gasteiger partial charge in [0.05, 0.1) is 13.2 Å². The number of hydrogen-bond donors (Lipinski definition) is 1. The van der Waals surface area contributed by atoms with Crippen LogP contribution in [-0.2, 0) is 9.47 Å². The lowest BCUT2D eigenvalue weighted by molar-refractivity contribution is -0.169. The van der Waals surface area contributed by atoms with Crippen LogP contribution in [0.5, 0.6) is 0 Å². The maximum atomic E-state index is 13.0. The van der Waals surface area contributed by atoms with Gasteiger partial charge in [0.15, 0.2) is 5.79 Å². The number of rotatable bonds is 3. The summed E-state index contributed by atoms with van der Waals surface area (Å²) in [5.41, 5.74) is 0.788. The summed E-state index contributed by atoms with van der Waals surface area (Å²) in [6.07, 6.45) is 1.66. The van der Waals surface area contributed by atoms with Gasteiger partial charge in [0.1, 0.15) is 23.3 Å². The van der Waals surface area contributed by atoms with Gasteiger partial charge in [0.2, 0.25) is 0 Å². The number of hydrogen-bond acceptors (Lipinski definition) is 6. The van der Waals surface area contributed by atoms with E-state index in [9.17, 15) is 4.39 Å². The highest BCUT2D eigenvalue weighted by molar-refractivity contribution is 5.59. The number of nitrogens with one attached hydrogen (secondary N) is 1. The Balaban J connectivity index is 1.49. The molecular formula is C18H21FN4O2. The van der Waals surface area contributed by atoms with Crippen LogP contribution in [0.2, 0.25) is 0 Å². The van der Waals surface area contributed by atoms with E-state index in [1.807, 2.05) is 13.0 Å². The summed E-state index contributed by atoms with van der Waals surface area (Å²) in [7, 11) is 0. The third-order valence-corrected chi connectivity index (χ3v) is 4.60. The van der Waals surface area contributed by atoms with Crippen LogP contribution < -0.4 is 10.2 Å². The monoisotopic (exact) mass is 344 g/mol. The van der Waals surface area contributed by atoms with E-state index >= 15 is 0 Å². The lowest BCUT2D eigenvalue weighted by atomic mass is 10.0. The van der Waals surface area contributed by atoms with Crippen molar-refractivity contribution in [2.24, 2.45) is 0 Å². The van der Waals surface area contributed by atoms with Crippen molar-refractivity contribution in [1.82, 2.24) is 9.97 Å². The Kier molecular flexibility index (Phi) is 4.27. The average molecular weight is 344 g/mol. The molecule has 2 fully saturated rings. The molecule has 0 amide bonds. The Morgan fingerprint density at radius 3 is 2.44 bits per heavy atom. The molecule has 0 atom stereocenters. The first kappa shape index (κ1) is 16.2. The van der Waals surface area contributed by atoms with E-state index in [2.05, 4.69) is 20.2 Å². The second kappa shape index (κ2) is 6.57. The van der Waals surface area contributed by atoms with E-state index in [1.54, 1.807) is 12.1 Å². The molecule has 0 unspecified atom stereocenters. The third kappa shape index (κ3) is 3.57. The Morgan fingerprint density at radius 2 is 1.76 bits per heavy atom. The van der Waals surface area contributed by atoms with Crippen LogP contribution in [0.4, 0.5) is 21.7 Å². The van der Waals surface area contributed by atoms with Gasteiger partial charge in [-0.3, -0.25) is 0 Å². The molecule has 0 radical (unpaired) electrons. The van der Waals surface area contributed by atoms with Crippen molar-refractivity contribution in [2.75, 3.05) is 36.5 Å². The van der Waals surface area contributed by atoms with Gasteiger partial charge in [-0.05, 0) is 31.2 Å². The molecule has 2 aliphatic heterocycles. The minimum atomic E-state index is -0.395. The summed E-state index contributed by atoms with van der Waals surface area (Å²) in [5, 5.41) is 3.21. The second-order valence-corrected chi connectivity index (χ2v) is 6.39. The van der Waals surface area contributed by atoms with Gasteiger partial charge in [0, 0.05) is 37.7 Å². The number of halogens is 1. The molecule has 1 aromatic carbocycles. The molecule has 1 aromatic heterocycles. The molecule has 4 rings (SSSR count). The number of ether oxygens (including phenoxy) is 2. The highest BCUT2D eigenvalue weighted by atomic mass is 19.1. The highest BCUT2D eigenvalue weighted by Crippen LogP contribution is 2.33. The van der Waals surface area contributed by atoms with E-state index in [1.165, 1.54) is 12.1 Å². The second-order valence-electron chi connectivity index (χ2n) is 6.39. The Morgan fingerprint density at radius 1 is 1.08 bits per heavy atom. The Bertz CT molecular complexity index is 737. The van der Waals surface area contributed by atoms with E-state index in [0.29, 0.717) is 24.9 Å². The van der Waals surface area contributed by atoms with E-state index in [4.69, 9.17) is 9.47 Å². The fourth-order valence-electron chi connectivity index (χ4n) is 3.32. The van der Waals surface area contributed by atoms with Crippen molar-refractivity contribution in [3.05, 3.63) is 42.0 Å². The zero-order valence-electron chi connectivity index (χ0n) is 14.2. The van der Waals surface area contributed by atoms with Gasteiger partial charge in [-0.1, -0.05) is 0 Å². The fourth-order valence-corrected chi connectivity index (χ4v) is 3.32. The van der Waals surface area contributed by atoms with E-state index < -0.39 is 5.79 Å². The largest absolute Gasteiger partial charge is 0.356 e. The maximum absolute atomic E-state index is 13.0. The molecule has 0 aliphatic carbocycles. The van der Waals surface area contributed by atoms with Gasteiger partial charge in [-0.15, -0.1) is 0 Å². The molecular weight excluding hydrogens is 323 g/mol. The van der Waals surface area contributed by atoms with Crippen molar-refractivity contribution in [3.63, 3.8) is 0 Å². The molecule has 6 nitrogen and oxygen atoms in total. The normalized spacial score (nSPS) is 19.4. The minimum absolute atomic E-state index is 0.260. The fraction of sp³-hybridized carbons (Fsp3) is 0.444. The van der Waals surface area contributed by atoms with E-state index in [-0.39, 0.29) is 5.82 Å². The SMILES string of the molecule is Cc1nc(Nc2ccc(F)cc2)cc(N2CCC3(CC2)OCCO3)n1. The molecule has 2 saturated heterocycles. The maximum Gasteiger partial charge on any atom is 0.171 e. The van der Waals surface area contributed by atoms with Crippen molar-refractivity contribution in [3.8, 4) is 0 Å². The number of aryl methyl sites for hydroxylation is 1. The quantitative estimate of drug-likeness (QED) is 0.924. The molecule has 132 valence electrons. The number of nitrogens with zero attached hydrogens (tertiary/aromatic N) is 3. The standard InChI is InChI=1S/C18H21FN4O2/c1-13-20-16(22-15-4-2-14(19)3-5-15)12-17(21-13)23-8-6-18(7-9-23)24-10-11-25-18/h2-5,12H,6-11H2,1H3,(H,20,21,22). The molecule has 1 spiro atoms. The van der Waals surface area contributed by atoms with Crippen LogP contribution in [0.1, 0.15) is 18.7 Å². The van der Waals surface area contributed by atoms with Gasteiger partial charge in [-0.25, -0.2) is 14.4 Å². The molecule has 0 bridgehead atoms. The molecule has 2 aliphatic rings. The molecule has 0 saturated carbocycles. The van der Waals surface area contributed by atoms with Crippen LogP contribution in [0, 0.1) is 12.7 Å². The van der Waals surface area contributed by atoms with Crippen molar-refractivity contribution >= 4 is 17.3 Å². The first-order valence-corrected chi connectivity index (χ1v) is 8.53. The minimum Gasteiger partial charge on any atom is -0.356 e. The van der Waals surface area contributed by atoms with Crippen LogP contribution in [0.25, 0.3) is 0 Å². The molecule has 2 aromatic rings. The first-order chi connectivity index (χ1) is 12.1. The Hall–Kier alpha value is -2.25. The van der Waals surface area contributed by atoms with Gasteiger partial charge < -0.3 is 19.7 Å². The average Bonchev–Trinajstić information content (AvgIpc) is 3.05. The van der Waals surface area contributed by atoms with Crippen LogP contribution in [0.15, 0.2) is 30.3 Å². The highest BCUT2D eigenvalue weighted by Gasteiger charge is 2.40. The summed E-state index contributed by atoms with van der Waals surface area (Å²) in [4.78, 5) is 11.2. The smallest absolute Gasteiger partial charge is 0.171 e. The molecule has 7 heteroatoms. The van der Waals surface area contributed by atoms with Crippen molar-refractivity contribution in [2.45, 2.75) is 25.6 Å². The number of benzene rings is 1. The van der Waals surface area contributed by atoms with E-state index in [0.717, 1.165) is 37.4 Å². The van der Waals surface area contributed by atoms with Crippen molar-refractivity contribution in [1.29, 1.82) is 0 Å². The van der Waals surface area contributed by atoms with Gasteiger partial charge in [-0.2, -0.15) is 0 Å². The number of piperidine rings is 1. The van der Waals surface area contributed by atoms with Gasteiger partial charge in [0.25, 0.3) is 0 Å². The Labute approximate surface area is 146 Å². The summed E-state index contributed by atoms with van der Waals surface area (Å²) < 4.78 is 24.6. The number of anilines is 3. The third-order valence-electron chi connectivity index (χ3n) is 4.60. The topological polar surface area (TPSA) is 59.5 Å². The predicted molar refractivity (Wildman–Crippen MR) is 92.5 cm³/mol.